The molecule has 0 amide bonds. The molecule has 2 heterocycles. The average Bonchev–Trinajstić information content (AvgIpc) is 2.54. The number of fused-ring (bicyclic) bond motifs is 2. The molecule has 0 aromatic carbocycles. The average molecular weight is 222 g/mol. The Labute approximate surface area is 100 Å². The normalized spacial score (nSPS) is 33.3. The van der Waals surface area contributed by atoms with Gasteiger partial charge < -0.3 is 10.2 Å². The van der Waals surface area contributed by atoms with Gasteiger partial charge in [-0.3, -0.25) is 0 Å². The van der Waals surface area contributed by atoms with Crippen LogP contribution in [0.5, 0.6) is 0 Å². The molecule has 0 spiro atoms. The molecule has 2 fully saturated rings. The molecule has 92 valence electrons. The van der Waals surface area contributed by atoms with Crippen LogP contribution in [0, 0.1) is 5.92 Å². The van der Waals surface area contributed by atoms with Crippen LogP contribution in [0.25, 0.3) is 0 Å². The molecular formula is C14H26N2. The van der Waals surface area contributed by atoms with E-state index in [2.05, 4.69) is 30.8 Å². The predicted octanol–water partition coefficient (Wildman–Crippen LogP) is 2.42. The summed E-state index contributed by atoms with van der Waals surface area (Å²) in [5.74, 6) is 0.964. The van der Waals surface area contributed by atoms with Crippen molar-refractivity contribution >= 4 is 0 Å². The second-order valence-corrected chi connectivity index (χ2v) is 5.96. The van der Waals surface area contributed by atoms with Gasteiger partial charge in [0.25, 0.3) is 0 Å². The summed E-state index contributed by atoms with van der Waals surface area (Å²) in [4.78, 5) is 2.41. The first-order valence-corrected chi connectivity index (χ1v) is 6.72. The van der Waals surface area contributed by atoms with Crippen molar-refractivity contribution in [1.29, 1.82) is 0 Å². The van der Waals surface area contributed by atoms with Gasteiger partial charge in [0.05, 0.1) is 0 Å². The SMILES string of the molecule is C=C(C)CN(C)CCC1CC2CCC(C1)N2. The summed E-state index contributed by atoms with van der Waals surface area (Å²) in [6.45, 7) is 8.37. The third-order valence-electron chi connectivity index (χ3n) is 4.03. The first-order chi connectivity index (χ1) is 7.63. The van der Waals surface area contributed by atoms with E-state index < -0.39 is 0 Å². The van der Waals surface area contributed by atoms with Crippen molar-refractivity contribution in [1.82, 2.24) is 10.2 Å². The van der Waals surface area contributed by atoms with Gasteiger partial charge in [-0.05, 0) is 58.5 Å². The van der Waals surface area contributed by atoms with E-state index in [9.17, 15) is 0 Å². The summed E-state index contributed by atoms with van der Waals surface area (Å²) in [5.41, 5.74) is 1.27. The molecule has 2 aliphatic rings. The van der Waals surface area contributed by atoms with Crippen LogP contribution in [0.3, 0.4) is 0 Å². The molecular weight excluding hydrogens is 196 g/mol. The van der Waals surface area contributed by atoms with Crippen LogP contribution in [0.1, 0.15) is 39.0 Å². The van der Waals surface area contributed by atoms with Gasteiger partial charge in [0.1, 0.15) is 0 Å². The second kappa shape index (κ2) is 5.33. The summed E-state index contributed by atoms with van der Waals surface area (Å²) < 4.78 is 0. The molecule has 0 aromatic heterocycles. The first-order valence-electron chi connectivity index (χ1n) is 6.72. The maximum absolute atomic E-state index is 3.97. The van der Waals surface area contributed by atoms with Crippen molar-refractivity contribution in [3.63, 3.8) is 0 Å². The van der Waals surface area contributed by atoms with Crippen molar-refractivity contribution < 1.29 is 0 Å². The van der Waals surface area contributed by atoms with Crippen molar-refractivity contribution in [3.05, 3.63) is 12.2 Å². The molecule has 2 nitrogen and oxygen atoms in total. The standard InChI is InChI=1S/C14H26N2/c1-11(2)10-16(3)7-6-12-8-13-4-5-14(9-12)15-13/h12-15H,1,4-10H2,2-3H3. The Morgan fingerprint density at radius 3 is 2.50 bits per heavy atom. The zero-order valence-corrected chi connectivity index (χ0v) is 10.8. The van der Waals surface area contributed by atoms with Crippen molar-refractivity contribution in [2.24, 2.45) is 5.92 Å². The van der Waals surface area contributed by atoms with E-state index in [1.54, 1.807) is 0 Å². The monoisotopic (exact) mass is 222 g/mol. The van der Waals surface area contributed by atoms with Gasteiger partial charge in [-0.25, -0.2) is 0 Å². The molecule has 1 N–H and O–H groups in total. The maximum atomic E-state index is 3.97. The van der Waals surface area contributed by atoms with Gasteiger partial charge in [0, 0.05) is 18.6 Å². The molecule has 2 aliphatic heterocycles. The molecule has 0 aliphatic carbocycles. The molecule has 0 aromatic rings. The molecule has 2 rings (SSSR count). The van der Waals surface area contributed by atoms with Gasteiger partial charge in [0.15, 0.2) is 0 Å². The first kappa shape index (κ1) is 12.1. The van der Waals surface area contributed by atoms with E-state index in [0.717, 1.165) is 24.5 Å². The van der Waals surface area contributed by atoms with Gasteiger partial charge in [-0.15, -0.1) is 0 Å². The highest BCUT2D eigenvalue weighted by molar-refractivity contribution is 4.93. The van der Waals surface area contributed by atoms with Gasteiger partial charge in [0.2, 0.25) is 0 Å². The molecule has 2 saturated heterocycles. The highest BCUT2D eigenvalue weighted by Crippen LogP contribution is 2.32. The number of nitrogens with zero attached hydrogens (tertiary/aromatic N) is 1. The molecule has 0 saturated carbocycles. The summed E-state index contributed by atoms with van der Waals surface area (Å²) in [5, 5.41) is 3.71. The number of nitrogens with one attached hydrogen (secondary N) is 1. The van der Waals surface area contributed by atoms with Crippen LogP contribution >= 0.6 is 0 Å². The third kappa shape index (κ3) is 3.33. The molecule has 16 heavy (non-hydrogen) atoms. The van der Waals surface area contributed by atoms with Gasteiger partial charge in [-0.1, -0.05) is 12.2 Å². The number of hydrogen-bond donors (Lipinski definition) is 1. The van der Waals surface area contributed by atoms with Crippen LogP contribution in [-0.2, 0) is 0 Å². The minimum atomic E-state index is 0.843. The summed E-state index contributed by atoms with van der Waals surface area (Å²) in [6.07, 6.45) is 7.04. The van der Waals surface area contributed by atoms with Crippen molar-refractivity contribution in [2.45, 2.75) is 51.1 Å². The minimum Gasteiger partial charge on any atom is -0.311 e. The molecule has 2 heteroatoms. The Kier molecular flexibility index (Phi) is 4.04. The lowest BCUT2D eigenvalue weighted by molar-refractivity contribution is 0.249. The van der Waals surface area contributed by atoms with Gasteiger partial charge in [-0.2, -0.15) is 0 Å². The Bertz CT molecular complexity index is 237. The van der Waals surface area contributed by atoms with E-state index in [4.69, 9.17) is 0 Å². The fraction of sp³-hybridized carbons (Fsp3) is 0.857. The Balaban J connectivity index is 1.68. The quantitative estimate of drug-likeness (QED) is 0.719. The fourth-order valence-electron chi connectivity index (χ4n) is 3.35. The molecule has 2 bridgehead atoms. The lowest BCUT2D eigenvalue weighted by Gasteiger charge is -2.30. The van der Waals surface area contributed by atoms with E-state index in [0.29, 0.717) is 0 Å². The lowest BCUT2D eigenvalue weighted by atomic mass is 9.89. The third-order valence-corrected chi connectivity index (χ3v) is 4.03. The zero-order chi connectivity index (χ0) is 11.5. The van der Waals surface area contributed by atoms with E-state index >= 15 is 0 Å². The minimum absolute atomic E-state index is 0.843. The highest BCUT2D eigenvalue weighted by Gasteiger charge is 2.32. The van der Waals surface area contributed by atoms with Crippen LogP contribution in [-0.4, -0.2) is 37.1 Å². The predicted molar refractivity (Wildman–Crippen MR) is 69.6 cm³/mol. The van der Waals surface area contributed by atoms with Crippen LogP contribution in [0.4, 0.5) is 0 Å². The second-order valence-electron chi connectivity index (χ2n) is 5.96. The van der Waals surface area contributed by atoms with E-state index in [1.165, 1.54) is 44.2 Å². The highest BCUT2D eigenvalue weighted by atomic mass is 15.1. The number of piperidine rings is 1. The van der Waals surface area contributed by atoms with Crippen molar-refractivity contribution in [3.8, 4) is 0 Å². The number of likely N-dealkylation sites (N-methyl/N-ethyl adjacent to an activating group) is 1. The summed E-state index contributed by atoms with van der Waals surface area (Å²) in [7, 11) is 2.21. The summed E-state index contributed by atoms with van der Waals surface area (Å²) in [6, 6.07) is 1.69. The molecule has 0 radical (unpaired) electrons. The maximum Gasteiger partial charge on any atom is 0.0184 e. The van der Waals surface area contributed by atoms with Crippen LogP contribution in [0.15, 0.2) is 12.2 Å². The van der Waals surface area contributed by atoms with Gasteiger partial charge >= 0.3 is 0 Å². The van der Waals surface area contributed by atoms with E-state index in [1.807, 2.05) is 0 Å². The lowest BCUT2D eigenvalue weighted by Crippen LogP contribution is -2.39. The van der Waals surface area contributed by atoms with Crippen LogP contribution in [0.2, 0.25) is 0 Å². The van der Waals surface area contributed by atoms with Crippen LogP contribution < -0.4 is 5.32 Å². The number of rotatable bonds is 5. The fourth-order valence-corrected chi connectivity index (χ4v) is 3.35. The number of hydrogen-bond acceptors (Lipinski definition) is 2. The largest absolute Gasteiger partial charge is 0.311 e. The Morgan fingerprint density at radius 2 is 1.94 bits per heavy atom. The molecule has 2 unspecified atom stereocenters. The molecule has 2 atom stereocenters. The smallest absolute Gasteiger partial charge is 0.0184 e. The Morgan fingerprint density at radius 1 is 1.31 bits per heavy atom. The van der Waals surface area contributed by atoms with E-state index in [-0.39, 0.29) is 0 Å². The van der Waals surface area contributed by atoms with Crippen molar-refractivity contribution in [2.75, 3.05) is 20.1 Å². The summed E-state index contributed by atoms with van der Waals surface area (Å²) >= 11 is 0. The topological polar surface area (TPSA) is 15.3 Å². The zero-order valence-electron chi connectivity index (χ0n) is 10.8. The Hall–Kier alpha value is -0.340.